The maximum absolute atomic E-state index is 11.9. The lowest BCUT2D eigenvalue weighted by Crippen LogP contribution is -2.47. The second-order valence-corrected chi connectivity index (χ2v) is 6.40. The summed E-state index contributed by atoms with van der Waals surface area (Å²) in [5.74, 6) is 0.336. The Labute approximate surface area is 92.3 Å². The summed E-state index contributed by atoms with van der Waals surface area (Å²) >= 11 is 0. The molecule has 4 nitrogen and oxygen atoms in total. The van der Waals surface area contributed by atoms with Gasteiger partial charge in [-0.05, 0) is 32.1 Å². The van der Waals surface area contributed by atoms with Gasteiger partial charge in [-0.2, -0.15) is 4.31 Å². The van der Waals surface area contributed by atoms with Crippen molar-refractivity contribution < 1.29 is 13.5 Å². The highest BCUT2D eigenvalue weighted by molar-refractivity contribution is 7.89. The topological polar surface area (TPSA) is 57.6 Å². The van der Waals surface area contributed by atoms with Crippen molar-refractivity contribution in [2.24, 2.45) is 5.92 Å². The molecule has 0 radical (unpaired) electrons. The summed E-state index contributed by atoms with van der Waals surface area (Å²) in [5.41, 5.74) is 0. The second kappa shape index (κ2) is 5.27. The van der Waals surface area contributed by atoms with E-state index in [1.54, 1.807) is 4.31 Å². The maximum Gasteiger partial charge on any atom is 0.214 e. The Kier molecular flexibility index (Phi) is 4.55. The van der Waals surface area contributed by atoms with Gasteiger partial charge in [-0.25, -0.2) is 8.42 Å². The monoisotopic (exact) mass is 235 g/mol. The van der Waals surface area contributed by atoms with Crippen molar-refractivity contribution in [2.75, 3.05) is 18.9 Å². The van der Waals surface area contributed by atoms with Gasteiger partial charge >= 0.3 is 0 Å². The fourth-order valence-electron chi connectivity index (χ4n) is 2.06. The van der Waals surface area contributed by atoms with Gasteiger partial charge in [0.05, 0.1) is 5.75 Å². The minimum absolute atomic E-state index is 0.0874. The predicted octanol–water partition coefficient (Wildman–Crippen LogP) is 0.819. The molecule has 1 heterocycles. The summed E-state index contributed by atoms with van der Waals surface area (Å²) in [6.07, 6.45) is 2.43. The minimum atomic E-state index is -3.10. The molecule has 0 saturated carbocycles. The first-order valence-corrected chi connectivity index (χ1v) is 7.22. The van der Waals surface area contributed by atoms with Crippen molar-refractivity contribution >= 4 is 10.0 Å². The van der Waals surface area contributed by atoms with E-state index in [1.807, 2.05) is 13.8 Å². The lowest BCUT2D eigenvalue weighted by atomic mass is 9.96. The largest absolute Gasteiger partial charge is 0.396 e. The molecule has 2 unspecified atom stereocenters. The van der Waals surface area contributed by atoms with E-state index < -0.39 is 10.0 Å². The van der Waals surface area contributed by atoms with Crippen LogP contribution in [0, 0.1) is 5.92 Å². The summed E-state index contributed by atoms with van der Waals surface area (Å²) in [5, 5.41) is 9.07. The summed E-state index contributed by atoms with van der Waals surface area (Å²) in [7, 11) is -3.10. The van der Waals surface area contributed by atoms with E-state index in [1.165, 1.54) is 0 Å². The van der Waals surface area contributed by atoms with Crippen molar-refractivity contribution in [1.82, 2.24) is 4.31 Å². The average molecular weight is 235 g/mol. The number of sulfonamides is 1. The number of hydrogen-bond acceptors (Lipinski definition) is 3. The van der Waals surface area contributed by atoms with E-state index in [0.29, 0.717) is 13.0 Å². The molecule has 15 heavy (non-hydrogen) atoms. The van der Waals surface area contributed by atoms with Gasteiger partial charge in [0.1, 0.15) is 0 Å². The molecule has 0 spiro atoms. The molecular weight excluding hydrogens is 214 g/mol. The molecule has 0 aromatic rings. The average Bonchev–Trinajstić information content (AvgIpc) is 2.18. The molecule has 1 fully saturated rings. The molecule has 0 aliphatic carbocycles. The summed E-state index contributed by atoms with van der Waals surface area (Å²) in [6.45, 7) is 4.39. The van der Waals surface area contributed by atoms with Crippen molar-refractivity contribution in [1.29, 1.82) is 0 Å². The van der Waals surface area contributed by atoms with Gasteiger partial charge in [0, 0.05) is 19.2 Å². The quantitative estimate of drug-likeness (QED) is 0.785. The Morgan fingerprint density at radius 3 is 2.60 bits per heavy atom. The molecule has 0 aromatic heterocycles. The molecule has 0 aromatic carbocycles. The zero-order valence-corrected chi connectivity index (χ0v) is 10.3. The van der Waals surface area contributed by atoms with Crippen LogP contribution in [0.4, 0.5) is 0 Å². The molecule has 0 bridgehead atoms. The maximum atomic E-state index is 11.9. The van der Waals surface area contributed by atoms with Crippen LogP contribution in [-0.2, 0) is 10.0 Å². The third kappa shape index (κ3) is 3.16. The van der Waals surface area contributed by atoms with Crippen LogP contribution in [0.2, 0.25) is 0 Å². The molecule has 1 rings (SSSR count). The van der Waals surface area contributed by atoms with Gasteiger partial charge < -0.3 is 5.11 Å². The predicted molar refractivity (Wildman–Crippen MR) is 60.1 cm³/mol. The highest BCUT2D eigenvalue weighted by Crippen LogP contribution is 2.24. The lowest BCUT2D eigenvalue weighted by Gasteiger charge is -2.36. The van der Waals surface area contributed by atoms with E-state index in [0.717, 1.165) is 12.8 Å². The van der Waals surface area contributed by atoms with Gasteiger partial charge in [-0.15, -0.1) is 0 Å². The Morgan fingerprint density at radius 1 is 1.40 bits per heavy atom. The third-order valence-corrected chi connectivity index (χ3v) is 5.15. The molecule has 2 atom stereocenters. The third-order valence-electron chi connectivity index (χ3n) is 3.00. The molecule has 1 N–H and O–H groups in total. The van der Waals surface area contributed by atoms with E-state index in [-0.39, 0.29) is 24.3 Å². The van der Waals surface area contributed by atoms with Gasteiger partial charge in [-0.3, -0.25) is 0 Å². The van der Waals surface area contributed by atoms with Crippen LogP contribution in [-0.4, -0.2) is 42.8 Å². The van der Waals surface area contributed by atoms with Crippen LogP contribution in [0.5, 0.6) is 0 Å². The Balaban J connectivity index is 2.73. The van der Waals surface area contributed by atoms with E-state index >= 15 is 0 Å². The van der Waals surface area contributed by atoms with Crippen molar-refractivity contribution in [3.05, 3.63) is 0 Å². The minimum Gasteiger partial charge on any atom is -0.396 e. The summed E-state index contributed by atoms with van der Waals surface area (Å²) < 4.78 is 25.4. The summed E-state index contributed by atoms with van der Waals surface area (Å²) in [4.78, 5) is 0. The molecule has 1 aliphatic heterocycles. The van der Waals surface area contributed by atoms with Crippen LogP contribution >= 0.6 is 0 Å². The molecular formula is C10H21NO3S. The number of aliphatic hydroxyl groups is 1. The zero-order valence-electron chi connectivity index (χ0n) is 9.52. The molecule has 1 saturated heterocycles. The van der Waals surface area contributed by atoms with Crippen LogP contribution < -0.4 is 0 Å². The standard InChI is InChI=1S/C10H21NO3S/c1-3-6-15(13,14)11-7-10(8-12)5-4-9(11)2/h9-10,12H,3-8H2,1-2H3. The Hall–Kier alpha value is -0.130. The number of nitrogens with zero attached hydrogens (tertiary/aromatic N) is 1. The first-order chi connectivity index (χ1) is 7.01. The van der Waals surface area contributed by atoms with Gasteiger partial charge in [0.15, 0.2) is 0 Å². The molecule has 90 valence electrons. The molecule has 1 aliphatic rings. The van der Waals surface area contributed by atoms with Crippen molar-refractivity contribution in [3.8, 4) is 0 Å². The highest BCUT2D eigenvalue weighted by atomic mass is 32.2. The Morgan fingerprint density at radius 2 is 2.07 bits per heavy atom. The lowest BCUT2D eigenvalue weighted by molar-refractivity contribution is 0.139. The van der Waals surface area contributed by atoms with Crippen LogP contribution in [0.1, 0.15) is 33.1 Å². The van der Waals surface area contributed by atoms with Crippen LogP contribution in [0.15, 0.2) is 0 Å². The summed E-state index contributed by atoms with van der Waals surface area (Å²) in [6, 6.07) is 0.0874. The zero-order chi connectivity index (χ0) is 11.5. The van der Waals surface area contributed by atoms with Gasteiger partial charge in [0.2, 0.25) is 10.0 Å². The van der Waals surface area contributed by atoms with E-state index in [4.69, 9.17) is 5.11 Å². The normalized spacial score (nSPS) is 29.3. The first kappa shape index (κ1) is 12.9. The number of aliphatic hydroxyl groups excluding tert-OH is 1. The fraction of sp³-hybridized carbons (Fsp3) is 1.00. The van der Waals surface area contributed by atoms with Crippen LogP contribution in [0.3, 0.4) is 0 Å². The molecule has 5 heteroatoms. The smallest absolute Gasteiger partial charge is 0.214 e. The number of piperidine rings is 1. The SMILES string of the molecule is CCCS(=O)(=O)N1CC(CO)CCC1C. The fourth-order valence-corrected chi connectivity index (χ4v) is 3.90. The van der Waals surface area contributed by atoms with Crippen LogP contribution in [0.25, 0.3) is 0 Å². The van der Waals surface area contributed by atoms with Gasteiger partial charge in [0.25, 0.3) is 0 Å². The van der Waals surface area contributed by atoms with Gasteiger partial charge in [-0.1, -0.05) is 6.92 Å². The van der Waals surface area contributed by atoms with Crippen molar-refractivity contribution in [3.63, 3.8) is 0 Å². The van der Waals surface area contributed by atoms with E-state index in [2.05, 4.69) is 0 Å². The first-order valence-electron chi connectivity index (χ1n) is 5.61. The molecule has 0 amide bonds. The highest BCUT2D eigenvalue weighted by Gasteiger charge is 2.32. The number of hydrogen-bond donors (Lipinski definition) is 1. The van der Waals surface area contributed by atoms with E-state index in [9.17, 15) is 8.42 Å². The number of rotatable bonds is 4. The Bertz CT molecular complexity index is 289. The van der Waals surface area contributed by atoms with Crippen molar-refractivity contribution in [2.45, 2.75) is 39.2 Å². The second-order valence-electron chi connectivity index (χ2n) is 4.36.